The molecule has 1 aromatic rings. The molecule has 1 aromatic heterocycles. The fourth-order valence-electron chi connectivity index (χ4n) is 9.67. The zero-order chi connectivity index (χ0) is 28.4. The standard InChI is InChI=1S/C25H32Br3NO9/c1-9(2)22(34)17(37-16(31)13-11(26)12(27)15(28)29-13)23(35)18(4)8-21(33)19(22,5)25(23,36)24(38-21)14(30)10(3)6-7-20(18,24)32/h9-10,14,17,29-30,32-36H,6-8H2,1-5H3/t10-,14+,17+,18-,19+,20-,21-,22+,23+,24+,25+/m0/s1. The Hall–Kier alpha value is -0.0900. The number of hydrogen-bond donors (Lipinski definition) is 7. The number of ether oxygens (including phenoxy) is 2. The normalized spacial score (nSPS) is 56.1. The fraction of sp³-hybridized carbons (Fsp3) is 0.800. The number of aromatic amines is 1. The minimum Gasteiger partial charge on any atom is -0.451 e. The minimum atomic E-state index is -2.63. The van der Waals surface area contributed by atoms with E-state index in [1.54, 1.807) is 20.8 Å². The number of carbonyl (C=O) groups excluding carboxylic acids is 1. The highest BCUT2D eigenvalue weighted by molar-refractivity contribution is 9.14. The van der Waals surface area contributed by atoms with E-state index in [1.165, 1.54) is 13.8 Å². The van der Waals surface area contributed by atoms with Crippen LogP contribution in [0.2, 0.25) is 0 Å². The Morgan fingerprint density at radius 2 is 1.71 bits per heavy atom. The van der Waals surface area contributed by atoms with Crippen LogP contribution >= 0.6 is 47.8 Å². The van der Waals surface area contributed by atoms with Crippen LogP contribution in [0.4, 0.5) is 0 Å². The molecule has 1 spiro atoms. The second-order valence-electron chi connectivity index (χ2n) is 12.8. The summed E-state index contributed by atoms with van der Waals surface area (Å²) in [5, 5.41) is 74.6. The quantitative estimate of drug-likeness (QED) is 0.230. The maximum Gasteiger partial charge on any atom is 0.356 e. The second-order valence-corrected chi connectivity index (χ2v) is 15.1. The predicted octanol–water partition coefficient (Wildman–Crippen LogP) is 2.10. The first-order valence-corrected chi connectivity index (χ1v) is 15.1. The maximum absolute atomic E-state index is 13.6. The maximum atomic E-state index is 13.6. The summed E-state index contributed by atoms with van der Waals surface area (Å²) < 4.78 is 13.5. The third-order valence-corrected chi connectivity index (χ3v) is 14.8. The van der Waals surface area contributed by atoms with E-state index in [4.69, 9.17) is 9.47 Å². The smallest absolute Gasteiger partial charge is 0.356 e. The van der Waals surface area contributed by atoms with Crippen molar-refractivity contribution in [3.05, 3.63) is 19.2 Å². The van der Waals surface area contributed by atoms with Crippen molar-refractivity contribution in [2.45, 2.75) is 99.9 Å². The summed E-state index contributed by atoms with van der Waals surface area (Å²) >= 11 is 9.96. The summed E-state index contributed by atoms with van der Waals surface area (Å²) in [5.41, 5.74) is -15.6. The van der Waals surface area contributed by atoms with Crippen LogP contribution in [0.25, 0.3) is 0 Å². The van der Waals surface area contributed by atoms with Crippen molar-refractivity contribution in [3.8, 4) is 0 Å². The van der Waals surface area contributed by atoms with Crippen LogP contribution in [-0.4, -0.2) is 87.6 Å². The van der Waals surface area contributed by atoms with Crippen molar-refractivity contribution in [2.75, 3.05) is 0 Å². The number of nitrogens with one attached hydrogen (secondary N) is 1. The number of H-pyrrole nitrogens is 1. The molecule has 7 rings (SSSR count). The Labute approximate surface area is 244 Å². The van der Waals surface area contributed by atoms with Crippen molar-refractivity contribution in [3.63, 3.8) is 0 Å². The highest BCUT2D eigenvalue weighted by Gasteiger charge is 3.10. The number of rotatable bonds is 3. The molecule has 38 heavy (non-hydrogen) atoms. The van der Waals surface area contributed by atoms with Gasteiger partial charge in [-0.05, 0) is 79.4 Å². The summed E-state index contributed by atoms with van der Waals surface area (Å²) in [5.74, 6) is -4.51. The lowest BCUT2D eigenvalue weighted by molar-refractivity contribution is -0.390. The average molecular weight is 730 g/mol. The summed E-state index contributed by atoms with van der Waals surface area (Å²) in [6, 6.07) is 0. The fourth-order valence-corrected chi connectivity index (χ4v) is 11.1. The van der Waals surface area contributed by atoms with Crippen molar-refractivity contribution < 1.29 is 44.9 Å². The van der Waals surface area contributed by atoms with E-state index in [-0.39, 0.29) is 18.5 Å². The van der Waals surface area contributed by atoms with Gasteiger partial charge in [0.25, 0.3) is 0 Å². The number of halogens is 3. The van der Waals surface area contributed by atoms with Gasteiger partial charge in [0.15, 0.2) is 17.5 Å². The summed E-state index contributed by atoms with van der Waals surface area (Å²) in [4.78, 5) is 16.5. The minimum absolute atomic E-state index is 0.0300. The predicted molar refractivity (Wildman–Crippen MR) is 142 cm³/mol. The van der Waals surface area contributed by atoms with E-state index in [1.807, 2.05) is 0 Å². The SMILES string of the molecule is CC(C)[C@@]1(O)[C@@H](OC(=O)c2[nH]c(Br)c(Br)c2Br)[C@@]2(O)[C@@]3(C)C[C@]4(O)O[C@@]5([C@H](O)[C@@H](C)CC[C@]35O)[C@@]2(O)[C@@]14C. The average Bonchev–Trinajstić information content (AvgIpc) is 3.23. The molecule has 2 aliphatic heterocycles. The molecule has 13 heteroatoms. The van der Waals surface area contributed by atoms with Gasteiger partial charge in [0, 0.05) is 11.8 Å². The molecule has 4 saturated carbocycles. The largest absolute Gasteiger partial charge is 0.451 e. The lowest BCUT2D eigenvalue weighted by Crippen LogP contribution is -2.75. The lowest BCUT2D eigenvalue weighted by Gasteiger charge is -2.60. The van der Waals surface area contributed by atoms with Crippen molar-refractivity contribution >= 4 is 53.8 Å². The molecule has 3 heterocycles. The molecule has 6 aliphatic rings. The Morgan fingerprint density at radius 1 is 1.11 bits per heavy atom. The number of aromatic nitrogens is 1. The van der Waals surface area contributed by atoms with E-state index >= 15 is 0 Å². The van der Waals surface area contributed by atoms with Crippen LogP contribution < -0.4 is 0 Å². The van der Waals surface area contributed by atoms with Gasteiger partial charge in [-0.25, -0.2) is 4.79 Å². The zero-order valence-electron chi connectivity index (χ0n) is 21.5. The topological polar surface area (TPSA) is 173 Å². The third-order valence-electron chi connectivity index (χ3n) is 11.5. The van der Waals surface area contributed by atoms with Gasteiger partial charge >= 0.3 is 5.97 Å². The third kappa shape index (κ3) is 2.17. The molecule has 7 N–H and O–H groups in total. The van der Waals surface area contributed by atoms with Crippen LogP contribution in [0.5, 0.6) is 0 Å². The molecule has 212 valence electrons. The van der Waals surface area contributed by atoms with Crippen LogP contribution in [0, 0.1) is 22.7 Å². The zero-order valence-corrected chi connectivity index (χ0v) is 26.2. The molecule has 0 unspecified atom stereocenters. The van der Waals surface area contributed by atoms with Gasteiger partial charge in [0.05, 0.1) is 25.1 Å². The molecular formula is C25H32Br3NO9. The van der Waals surface area contributed by atoms with Crippen molar-refractivity contribution in [1.82, 2.24) is 4.98 Å². The molecule has 0 amide bonds. The first-order chi connectivity index (χ1) is 17.2. The summed E-state index contributed by atoms with van der Waals surface area (Å²) in [6.45, 7) is 7.86. The first kappa shape index (κ1) is 28.0. The van der Waals surface area contributed by atoms with Crippen LogP contribution in [0.1, 0.15) is 64.4 Å². The molecule has 11 atom stereocenters. The number of aliphatic hydroxyl groups excluding tert-OH is 1. The molecule has 0 aromatic carbocycles. The van der Waals surface area contributed by atoms with Crippen LogP contribution in [0.3, 0.4) is 0 Å². The Balaban J connectivity index is 1.66. The number of esters is 1. The van der Waals surface area contributed by atoms with Crippen molar-refractivity contribution in [2.24, 2.45) is 22.7 Å². The van der Waals surface area contributed by atoms with Gasteiger partial charge in [-0.3, -0.25) is 0 Å². The Bertz CT molecular complexity index is 1290. The van der Waals surface area contributed by atoms with Crippen molar-refractivity contribution in [1.29, 1.82) is 0 Å². The number of aliphatic hydroxyl groups is 6. The monoisotopic (exact) mass is 727 g/mol. The molecule has 10 nitrogen and oxygen atoms in total. The molecule has 2 saturated heterocycles. The first-order valence-electron chi connectivity index (χ1n) is 12.7. The molecule has 4 aliphatic carbocycles. The van der Waals surface area contributed by atoms with E-state index in [0.717, 1.165) is 0 Å². The van der Waals surface area contributed by atoms with E-state index in [2.05, 4.69) is 52.8 Å². The van der Waals surface area contributed by atoms with Crippen LogP contribution in [-0.2, 0) is 9.47 Å². The lowest BCUT2D eigenvalue weighted by atomic mass is 9.52. The molecule has 6 bridgehead atoms. The van der Waals surface area contributed by atoms with Gasteiger partial charge < -0.3 is 45.1 Å². The van der Waals surface area contributed by atoms with Crippen LogP contribution in [0.15, 0.2) is 13.5 Å². The number of hydrogen-bond acceptors (Lipinski definition) is 9. The second kappa shape index (κ2) is 7.27. The summed E-state index contributed by atoms with van der Waals surface area (Å²) in [7, 11) is 0. The van der Waals surface area contributed by atoms with Gasteiger partial charge in [0.1, 0.15) is 28.1 Å². The van der Waals surface area contributed by atoms with E-state index in [0.29, 0.717) is 20.0 Å². The molecular weight excluding hydrogens is 698 g/mol. The highest BCUT2D eigenvalue weighted by Crippen LogP contribution is 2.90. The van der Waals surface area contributed by atoms with Gasteiger partial charge in [-0.15, -0.1) is 0 Å². The van der Waals surface area contributed by atoms with Gasteiger partial charge in [-0.2, -0.15) is 0 Å². The van der Waals surface area contributed by atoms with E-state index < -0.39 is 74.6 Å². The highest BCUT2D eigenvalue weighted by atomic mass is 79.9. The molecule has 0 radical (unpaired) electrons. The van der Waals surface area contributed by atoms with E-state index in [9.17, 15) is 35.4 Å². The molecule has 6 fully saturated rings. The summed E-state index contributed by atoms with van der Waals surface area (Å²) in [6.07, 6.45) is -3.32. The van der Waals surface area contributed by atoms with Gasteiger partial charge in [0.2, 0.25) is 0 Å². The number of carbonyl (C=O) groups is 1. The Kier molecular flexibility index (Phi) is 5.37. The Morgan fingerprint density at radius 3 is 2.24 bits per heavy atom. The van der Waals surface area contributed by atoms with Gasteiger partial charge in [-0.1, -0.05) is 27.7 Å².